The molecule has 4 nitrogen and oxygen atoms in total. The van der Waals surface area contributed by atoms with Gasteiger partial charge in [-0.2, -0.15) is 0 Å². The first-order valence-electron chi connectivity index (χ1n) is 8.45. The van der Waals surface area contributed by atoms with Crippen LogP contribution in [0.1, 0.15) is 37.7 Å². The molecule has 4 heteroatoms. The summed E-state index contributed by atoms with van der Waals surface area (Å²) >= 11 is 0. The lowest BCUT2D eigenvalue weighted by molar-refractivity contribution is -0.119. The number of para-hydroxylation sites is 2. The third-order valence-electron chi connectivity index (χ3n) is 4.10. The Labute approximate surface area is 142 Å². The van der Waals surface area contributed by atoms with Crippen LogP contribution in [-0.4, -0.2) is 15.5 Å². The van der Waals surface area contributed by atoms with Crippen LogP contribution < -0.4 is 5.32 Å². The number of aromatic nitrogens is 2. The lowest BCUT2D eigenvalue weighted by Crippen LogP contribution is -2.30. The van der Waals surface area contributed by atoms with Crippen molar-refractivity contribution in [1.82, 2.24) is 14.9 Å². The van der Waals surface area contributed by atoms with Gasteiger partial charge in [0.25, 0.3) is 0 Å². The van der Waals surface area contributed by atoms with Crippen LogP contribution in [0.25, 0.3) is 11.0 Å². The van der Waals surface area contributed by atoms with Gasteiger partial charge in [0.05, 0.1) is 17.1 Å². The summed E-state index contributed by atoms with van der Waals surface area (Å²) in [4.78, 5) is 16.6. The SMILES string of the molecule is CCCn1c([C@@H](Cc2ccccc2)NC(C)=O)nc2ccccc21. The number of hydrogen-bond donors (Lipinski definition) is 1. The minimum Gasteiger partial charge on any atom is -0.346 e. The van der Waals surface area contributed by atoms with E-state index in [0.717, 1.165) is 36.2 Å². The fraction of sp³-hybridized carbons (Fsp3) is 0.300. The maximum atomic E-state index is 11.8. The molecule has 0 saturated heterocycles. The second kappa shape index (κ2) is 7.30. The number of carbonyl (C=O) groups is 1. The van der Waals surface area contributed by atoms with E-state index in [4.69, 9.17) is 4.98 Å². The van der Waals surface area contributed by atoms with Gasteiger partial charge in [-0.05, 0) is 30.5 Å². The quantitative estimate of drug-likeness (QED) is 0.749. The average Bonchev–Trinajstić information content (AvgIpc) is 2.94. The van der Waals surface area contributed by atoms with Gasteiger partial charge in [0, 0.05) is 13.5 Å². The number of nitrogens with zero attached hydrogens (tertiary/aromatic N) is 2. The molecule has 1 atom stereocenters. The molecule has 0 aliphatic heterocycles. The minimum absolute atomic E-state index is 0.0361. The van der Waals surface area contributed by atoms with Crippen LogP contribution in [0.3, 0.4) is 0 Å². The number of imidazole rings is 1. The predicted molar refractivity (Wildman–Crippen MR) is 96.7 cm³/mol. The van der Waals surface area contributed by atoms with Crippen LogP contribution in [0.2, 0.25) is 0 Å². The number of amides is 1. The summed E-state index contributed by atoms with van der Waals surface area (Å²) in [6.07, 6.45) is 1.75. The minimum atomic E-state index is -0.135. The van der Waals surface area contributed by atoms with Crippen molar-refractivity contribution >= 4 is 16.9 Å². The molecule has 1 heterocycles. The molecule has 0 unspecified atom stereocenters. The topological polar surface area (TPSA) is 46.9 Å². The van der Waals surface area contributed by atoms with Gasteiger partial charge in [-0.25, -0.2) is 4.98 Å². The first-order valence-corrected chi connectivity index (χ1v) is 8.45. The van der Waals surface area contributed by atoms with E-state index in [2.05, 4.69) is 35.0 Å². The van der Waals surface area contributed by atoms with Crippen LogP contribution in [0, 0.1) is 0 Å². The van der Waals surface area contributed by atoms with Crippen molar-refractivity contribution in [2.24, 2.45) is 0 Å². The number of carbonyl (C=O) groups excluding carboxylic acids is 1. The van der Waals surface area contributed by atoms with Crippen molar-refractivity contribution < 1.29 is 4.79 Å². The molecule has 3 rings (SSSR count). The summed E-state index contributed by atoms with van der Waals surface area (Å²) in [6.45, 7) is 4.61. The molecule has 0 radical (unpaired) electrons. The van der Waals surface area contributed by atoms with Gasteiger partial charge in [0.2, 0.25) is 5.91 Å². The third-order valence-corrected chi connectivity index (χ3v) is 4.10. The Morgan fingerprint density at radius 3 is 2.54 bits per heavy atom. The number of benzene rings is 2. The van der Waals surface area contributed by atoms with Crippen LogP contribution >= 0.6 is 0 Å². The molecule has 124 valence electrons. The smallest absolute Gasteiger partial charge is 0.217 e. The van der Waals surface area contributed by atoms with E-state index < -0.39 is 0 Å². The average molecular weight is 321 g/mol. The van der Waals surface area contributed by atoms with E-state index >= 15 is 0 Å². The number of aryl methyl sites for hydroxylation is 1. The van der Waals surface area contributed by atoms with Crippen molar-refractivity contribution in [2.45, 2.75) is 39.3 Å². The molecule has 0 spiro atoms. The lowest BCUT2D eigenvalue weighted by Gasteiger charge is -2.19. The van der Waals surface area contributed by atoms with E-state index in [9.17, 15) is 4.79 Å². The Morgan fingerprint density at radius 2 is 1.83 bits per heavy atom. The van der Waals surface area contributed by atoms with Gasteiger partial charge >= 0.3 is 0 Å². The molecular formula is C20H23N3O. The van der Waals surface area contributed by atoms with Gasteiger partial charge in [-0.15, -0.1) is 0 Å². The zero-order chi connectivity index (χ0) is 16.9. The Morgan fingerprint density at radius 1 is 1.12 bits per heavy atom. The first-order chi connectivity index (χ1) is 11.7. The van der Waals surface area contributed by atoms with Crippen molar-refractivity contribution in [3.63, 3.8) is 0 Å². The highest BCUT2D eigenvalue weighted by atomic mass is 16.1. The molecule has 0 aliphatic rings. The van der Waals surface area contributed by atoms with Crippen LogP contribution in [0.5, 0.6) is 0 Å². The maximum absolute atomic E-state index is 11.8. The molecule has 0 saturated carbocycles. The molecule has 0 aliphatic carbocycles. The first kappa shape index (κ1) is 16.2. The largest absolute Gasteiger partial charge is 0.346 e. The van der Waals surface area contributed by atoms with Crippen LogP contribution in [0.15, 0.2) is 54.6 Å². The number of fused-ring (bicyclic) bond motifs is 1. The van der Waals surface area contributed by atoms with Gasteiger partial charge in [-0.1, -0.05) is 49.4 Å². The second-order valence-corrected chi connectivity index (χ2v) is 6.05. The normalized spacial score (nSPS) is 12.2. The van der Waals surface area contributed by atoms with E-state index in [0.29, 0.717) is 0 Å². The van der Waals surface area contributed by atoms with Crippen LogP contribution in [-0.2, 0) is 17.8 Å². The number of rotatable bonds is 6. The molecular weight excluding hydrogens is 298 g/mol. The van der Waals surface area contributed by atoms with E-state index in [1.165, 1.54) is 5.56 Å². The summed E-state index contributed by atoms with van der Waals surface area (Å²) in [5, 5.41) is 3.08. The highest BCUT2D eigenvalue weighted by molar-refractivity contribution is 5.77. The van der Waals surface area contributed by atoms with Gasteiger partial charge in [-0.3, -0.25) is 4.79 Å². The third kappa shape index (κ3) is 3.48. The number of hydrogen-bond acceptors (Lipinski definition) is 2. The molecule has 3 aromatic rings. The lowest BCUT2D eigenvalue weighted by atomic mass is 10.1. The van der Waals surface area contributed by atoms with Gasteiger partial charge in [0.15, 0.2) is 0 Å². The Bertz CT molecular complexity index is 823. The van der Waals surface area contributed by atoms with E-state index in [-0.39, 0.29) is 11.9 Å². The van der Waals surface area contributed by atoms with Crippen molar-refractivity contribution in [1.29, 1.82) is 0 Å². The summed E-state index contributed by atoms with van der Waals surface area (Å²) in [7, 11) is 0. The summed E-state index contributed by atoms with van der Waals surface area (Å²) < 4.78 is 2.24. The highest BCUT2D eigenvalue weighted by Gasteiger charge is 2.21. The molecule has 2 aromatic carbocycles. The van der Waals surface area contributed by atoms with E-state index in [1.54, 1.807) is 6.92 Å². The predicted octanol–water partition coefficient (Wildman–Crippen LogP) is 3.87. The zero-order valence-corrected chi connectivity index (χ0v) is 14.2. The number of nitrogens with one attached hydrogen (secondary N) is 1. The summed E-state index contributed by atoms with van der Waals surface area (Å²) in [5.74, 6) is 0.892. The second-order valence-electron chi connectivity index (χ2n) is 6.05. The Kier molecular flexibility index (Phi) is 4.94. The van der Waals surface area contributed by atoms with Gasteiger partial charge < -0.3 is 9.88 Å². The molecule has 1 aromatic heterocycles. The Hall–Kier alpha value is -2.62. The molecule has 0 bridgehead atoms. The standard InChI is InChI=1S/C20H23N3O/c1-3-13-23-19-12-8-7-11-17(19)22-20(23)18(21-15(2)24)14-16-9-5-4-6-10-16/h4-12,18H,3,13-14H2,1-2H3,(H,21,24)/t18-/m1/s1. The Balaban J connectivity index is 2.04. The zero-order valence-electron chi connectivity index (χ0n) is 14.2. The summed E-state index contributed by atoms with van der Waals surface area (Å²) in [6, 6.07) is 18.2. The van der Waals surface area contributed by atoms with E-state index in [1.807, 2.05) is 36.4 Å². The fourth-order valence-electron chi connectivity index (χ4n) is 3.12. The molecule has 24 heavy (non-hydrogen) atoms. The van der Waals surface area contributed by atoms with Crippen LogP contribution in [0.4, 0.5) is 0 Å². The highest BCUT2D eigenvalue weighted by Crippen LogP contribution is 2.24. The summed E-state index contributed by atoms with van der Waals surface area (Å²) in [5.41, 5.74) is 3.29. The fourth-order valence-corrected chi connectivity index (χ4v) is 3.12. The van der Waals surface area contributed by atoms with Crippen molar-refractivity contribution in [2.75, 3.05) is 0 Å². The maximum Gasteiger partial charge on any atom is 0.217 e. The van der Waals surface area contributed by atoms with Crippen molar-refractivity contribution in [3.05, 3.63) is 66.0 Å². The monoisotopic (exact) mass is 321 g/mol. The molecule has 0 fully saturated rings. The molecule has 1 N–H and O–H groups in total. The van der Waals surface area contributed by atoms with Crippen molar-refractivity contribution in [3.8, 4) is 0 Å². The molecule has 1 amide bonds. The van der Waals surface area contributed by atoms with Gasteiger partial charge in [0.1, 0.15) is 5.82 Å².